The average molecular weight is 575 g/mol. The number of hydrogen-bond donors (Lipinski definition) is 2. The molecule has 0 aromatic carbocycles. The summed E-state index contributed by atoms with van der Waals surface area (Å²) in [4.78, 5) is 24.8. The number of carbonyl (C=O) groups is 1. The van der Waals surface area contributed by atoms with Crippen LogP contribution < -0.4 is 10.2 Å². The Balaban J connectivity index is 4.76. The maximum atomic E-state index is 12.6. The zero-order valence-electron chi connectivity index (χ0n) is 25.6. The summed E-state index contributed by atoms with van der Waals surface area (Å²) in [5.41, 5.74) is 0. The number of unbranched alkanes of at least 4 members (excludes halogenated alkanes) is 11. The maximum Gasteiger partial charge on any atom is 0.268 e. The van der Waals surface area contributed by atoms with E-state index in [9.17, 15) is 19.4 Å². The third-order valence-electron chi connectivity index (χ3n) is 6.41. The molecule has 3 atom stereocenters. The smallest absolute Gasteiger partial charge is 0.268 e. The molecule has 0 fully saturated rings. The molecule has 0 rings (SSSR count). The van der Waals surface area contributed by atoms with Crippen molar-refractivity contribution >= 4 is 13.7 Å². The number of nitrogens with zero attached hydrogens (tertiary/aromatic N) is 1. The molecule has 3 unspecified atom stereocenters. The summed E-state index contributed by atoms with van der Waals surface area (Å²) in [5.74, 6) is -0.219. The molecule has 0 saturated heterocycles. The summed E-state index contributed by atoms with van der Waals surface area (Å²) < 4.78 is 22.8. The van der Waals surface area contributed by atoms with Gasteiger partial charge in [0.15, 0.2) is 0 Å². The van der Waals surface area contributed by atoms with Crippen LogP contribution in [-0.2, 0) is 18.4 Å². The van der Waals surface area contributed by atoms with Crippen molar-refractivity contribution in [3.05, 3.63) is 24.3 Å². The van der Waals surface area contributed by atoms with Crippen LogP contribution >= 0.6 is 7.82 Å². The van der Waals surface area contributed by atoms with E-state index in [0.717, 1.165) is 38.5 Å². The summed E-state index contributed by atoms with van der Waals surface area (Å²) >= 11 is 0. The van der Waals surface area contributed by atoms with Crippen LogP contribution in [0.3, 0.4) is 0 Å². The van der Waals surface area contributed by atoms with Crippen molar-refractivity contribution in [2.24, 2.45) is 0 Å². The predicted molar refractivity (Wildman–Crippen MR) is 159 cm³/mol. The largest absolute Gasteiger partial charge is 0.756 e. The number of likely N-dealkylation sites (N-methyl/N-ethyl adjacent to an activating group) is 1. The van der Waals surface area contributed by atoms with Crippen LogP contribution in [0.4, 0.5) is 0 Å². The number of quaternary nitrogens is 1. The first-order valence-electron chi connectivity index (χ1n) is 15.2. The van der Waals surface area contributed by atoms with Crippen molar-refractivity contribution < 1.29 is 32.9 Å². The molecule has 230 valence electrons. The first kappa shape index (κ1) is 38.0. The van der Waals surface area contributed by atoms with Gasteiger partial charge < -0.3 is 28.8 Å². The quantitative estimate of drug-likeness (QED) is 0.0564. The minimum Gasteiger partial charge on any atom is -0.756 e. The van der Waals surface area contributed by atoms with Crippen LogP contribution in [0.15, 0.2) is 24.3 Å². The highest BCUT2D eigenvalue weighted by Gasteiger charge is 2.23. The fourth-order valence-corrected chi connectivity index (χ4v) is 4.59. The van der Waals surface area contributed by atoms with Crippen LogP contribution in [0.2, 0.25) is 0 Å². The van der Waals surface area contributed by atoms with Crippen LogP contribution in [-0.4, -0.2) is 68.5 Å². The van der Waals surface area contributed by atoms with Crippen molar-refractivity contribution in [1.29, 1.82) is 0 Å². The van der Waals surface area contributed by atoms with Crippen molar-refractivity contribution in [2.45, 2.75) is 122 Å². The van der Waals surface area contributed by atoms with Crippen molar-refractivity contribution in [2.75, 3.05) is 40.9 Å². The first-order chi connectivity index (χ1) is 18.5. The van der Waals surface area contributed by atoms with Gasteiger partial charge in [0.05, 0.1) is 39.9 Å². The van der Waals surface area contributed by atoms with E-state index in [4.69, 9.17) is 9.05 Å². The normalized spacial score (nSPS) is 15.6. The zero-order chi connectivity index (χ0) is 29.4. The van der Waals surface area contributed by atoms with E-state index in [-0.39, 0.29) is 12.5 Å². The number of hydrogen-bond acceptors (Lipinski definition) is 6. The van der Waals surface area contributed by atoms with Crippen LogP contribution in [0.5, 0.6) is 0 Å². The van der Waals surface area contributed by atoms with Crippen LogP contribution in [0.1, 0.15) is 110 Å². The SMILES string of the molecule is CCCCC/C=C/CC/C=C/C(O)C(COP(=O)([O-])OCC[N+](C)(C)C)NC(=O)CCCCCCCCCC. The van der Waals surface area contributed by atoms with Gasteiger partial charge in [0, 0.05) is 6.42 Å². The Morgan fingerprint density at radius 2 is 1.44 bits per heavy atom. The Kier molecular flexibility index (Phi) is 23.0. The van der Waals surface area contributed by atoms with Gasteiger partial charge in [-0.25, -0.2) is 0 Å². The molecular formula is C30H59N2O6P. The van der Waals surface area contributed by atoms with Crippen LogP contribution in [0.25, 0.3) is 0 Å². The second-order valence-corrected chi connectivity index (χ2v) is 12.9. The maximum absolute atomic E-state index is 12.6. The van der Waals surface area contributed by atoms with E-state index >= 15 is 0 Å². The van der Waals surface area contributed by atoms with Gasteiger partial charge in [0.2, 0.25) is 5.91 Å². The predicted octanol–water partition coefficient (Wildman–Crippen LogP) is 6.04. The lowest BCUT2D eigenvalue weighted by molar-refractivity contribution is -0.870. The lowest BCUT2D eigenvalue weighted by Gasteiger charge is -2.29. The van der Waals surface area contributed by atoms with Crippen molar-refractivity contribution in [1.82, 2.24) is 5.32 Å². The second-order valence-electron chi connectivity index (χ2n) is 11.5. The van der Waals surface area contributed by atoms with Crippen molar-refractivity contribution in [3.63, 3.8) is 0 Å². The number of amides is 1. The fourth-order valence-electron chi connectivity index (χ4n) is 3.87. The second kappa shape index (κ2) is 23.7. The van der Waals surface area contributed by atoms with Gasteiger partial charge in [-0.2, -0.15) is 0 Å². The number of phosphoric acid groups is 1. The van der Waals surface area contributed by atoms with Gasteiger partial charge in [-0.3, -0.25) is 9.36 Å². The van der Waals surface area contributed by atoms with Gasteiger partial charge in [0.25, 0.3) is 7.82 Å². The molecule has 8 nitrogen and oxygen atoms in total. The summed E-state index contributed by atoms with van der Waals surface area (Å²) in [5, 5.41) is 13.5. The molecule has 0 heterocycles. The number of rotatable bonds is 26. The van der Waals surface area contributed by atoms with E-state index in [1.54, 1.807) is 6.08 Å². The molecule has 2 N–H and O–H groups in total. The highest BCUT2D eigenvalue weighted by molar-refractivity contribution is 7.45. The molecule has 0 bridgehead atoms. The number of phosphoric ester groups is 1. The molecule has 0 aromatic rings. The minimum absolute atomic E-state index is 0.00579. The Labute approximate surface area is 239 Å². The van der Waals surface area contributed by atoms with Gasteiger partial charge >= 0.3 is 0 Å². The lowest BCUT2D eigenvalue weighted by Crippen LogP contribution is -2.45. The Morgan fingerprint density at radius 1 is 0.872 bits per heavy atom. The fraction of sp³-hybridized carbons (Fsp3) is 0.833. The van der Waals surface area contributed by atoms with E-state index in [1.165, 1.54) is 51.4 Å². The minimum atomic E-state index is -4.57. The monoisotopic (exact) mass is 574 g/mol. The van der Waals surface area contributed by atoms with Gasteiger partial charge in [-0.15, -0.1) is 0 Å². The van der Waals surface area contributed by atoms with Gasteiger partial charge in [0.1, 0.15) is 13.2 Å². The lowest BCUT2D eigenvalue weighted by atomic mass is 10.1. The highest BCUT2D eigenvalue weighted by Crippen LogP contribution is 2.38. The molecule has 39 heavy (non-hydrogen) atoms. The molecule has 0 aliphatic rings. The average Bonchev–Trinajstić information content (AvgIpc) is 2.86. The van der Waals surface area contributed by atoms with Crippen molar-refractivity contribution in [3.8, 4) is 0 Å². The summed E-state index contributed by atoms with van der Waals surface area (Å²) in [6.45, 7) is 4.48. The van der Waals surface area contributed by atoms with E-state index in [0.29, 0.717) is 17.4 Å². The van der Waals surface area contributed by atoms with Gasteiger partial charge in [-0.1, -0.05) is 95.9 Å². The van der Waals surface area contributed by atoms with Gasteiger partial charge in [-0.05, 0) is 32.1 Å². The number of carbonyl (C=O) groups excluding carboxylic acids is 1. The van der Waals surface area contributed by atoms with Crippen LogP contribution in [0, 0.1) is 0 Å². The summed E-state index contributed by atoms with van der Waals surface area (Å²) in [6, 6.07) is -0.892. The zero-order valence-corrected chi connectivity index (χ0v) is 26.5. The molecule has 0 aliphatic heterocycles. The Morgan fingerprint density at radius 3 is 2.08 bits per heavy atom. The molecule has 0 spiro atoms. The first-order valence-corrected chi connectivity index (χ1v) is 16.7. The number of nitrogens with one attached hydrogen (secondary N) is 1. The summed E-state index contributed by atoms with van der Waals surface area (Å²) in [6.07, 6.45) is 22.4. The Bertz CT molecular complexity index is 708. The third kappa shape index (κ3) is 25.7. The highest BCUT2D eigenvalue weighted by atomic mass is 31.2. The topological polar surface area (TPSA) is 108 Å². The standard InChI is InChI=1S/C30H59N2O6P/c1-6-8-10-12-14-16-17-19-21-23-29(33)28(27-38-39(35,36)37-26-25-32(3,4)5)31-30(34)24-22-20-18-15-13-11-9-7-2/h14,16,21,23,28-29,33H,6-13,15,17-20,22,24-27H2,1-5H3,(H-,31,34,35,36)/b16-14+,23-21+. The summed E-state index contributed by atoms with van der Waals surface area (Å²) in [7, 11) is 1.23. The molecule has 0 aliphatic carbocycles. The number of aliphatic hydroxyl groups excluding tert-OH is 1. The molecular weight excluding hydrogens is 515 g/mol. The molecule has 1 amide bonds. The number of aliphatic hydroxyl groups is 1. The van der Waals surface area contributed by atoms with E-state index in [1.807, 2.05) is 27.2 Å². The molecule has 0 aromatic heterocycles. The van der Waals surface area contributed by atoms with E-state index < -0.39 is 26.6 Å². The molecule has 0 radical (unpaired) electrons. The number of allylic oxidation sites excluding steroid dienone is 3. The molecule has 0 saturated carbocycles. The molecule has 9 heteroatoms. The third-order valence-corrected chi connectivity index (χ3v) is 7.38. The Hall–Kier alpha value is -1.02. The van der Waals surface area contributed by atoms with E-state index in [2.05, 4.69) is 31.3 Å².